The van der Waals surface area contributed by atoms with Gasteiger partial charge in [-0.1, -0.05) is 29.8 Å². The summed E-state index contributed by atoms with van der Waals surface area (Å²) in [5, 5.41) is 12.0. The van der Waals surface area contributed by atoms with Crippen molar-refractivity contribution in [3.8, 4) is 5.75 Å². The molecule has 1 unspecified atom stereocenters. The summed E-state index contributed by atoms with van der Waals surface area (Å²) in [4.78, 5) is 59.8. The predicted octanol–water partition coefficient (Wildman–Crippen LogP) is 6.28. The second-order valence-electron chi connectivity index (χ2n) is 15.8. The van der Waals surface area contributed by atoms with Crippen molar-refractivity contribution in [3.05, 3.63) is 82.3 Å². The van der Waals surface area contributed by atoms with E-state index in [0.717, 1.165) is 101 Å². The Morgan fingerprint density at radius 2 is 1.59 bits per heavy atom. The number of hydrogen-bond acceptors (Lipinski definition) is 10. The van der Waals surface area contributed by atoms with Gasteiger partial charge in [-0.15, -0.1) is 10.2 Å². The van der Waals surface area contributed by atoms with Gasteiger partial charge in [0.1, 0.15) is 17.2 Å². The highest BCUT2D eigenvalue weighted by Gasteiger charge is 2.29. The lowest BCUT2D eigenvalue weighted by Crippen LogP contribution is -2.49. The number of nitrogens with one attached hydrogen (secondary N) is 1. The van der Waals surface area contributed by atoms with Crippen LogP contribution in [0, 0.1) is 18.4 Å². The summed E-state index contributed by atoms with van der Waals surface area (Å²) in [7, 11) is 0. The van der Waals surface area contributed by atoms with Crippen LogP contribution in [-0.2, 0) is 20.8 Å². The monoisotopic (exact) mass is 779 g/mol. The van der Waals surface area contributed by atoms with Crippen molar-refractivity contribution in [1.82, 2.24) is 20.4 Å². The van der Waals surface area contributed by atoms with Crippen LogP contribution in [0.4, 0.5) is 17.2 Å². The minimum absolute atomic E-state index is 0.0423. The molecule has 2 saturated carbocycles. The number of piperazine rings is 1. The Morgan fingerprint density at radius 1 is 0.839 bits per heavy atom. The molecular formula is C43H50ClN7O5. The molecule has 294 valence electrons. The highest BCUT2D eigenvalue weighted by molar-refractivity contribution is 6.33. The quantitative estimate of drug-likeness (QED) is 0.127. The maximum absolute atomic E-state index is 13.1. The molecule has 1 N–H and O–H groups in total. The van der Waals surface area contributed by atoms with E-state index in [1.54, 1.807) is 18.2 Å². The number of piperidine rings is 1. The lowest BCUT2D eigenvalue weighted by Gasteiger charge is -2.39. The smallest absolute Gasteiger partial charge is 0.224 e. The molecule has 0 radical (unpaired) electrons. The summed E-state index contributed by atoms with van der Waals surface area (Å²) < 4.78 is 6.11. The van der Waals surface area contributed by atoms with E-state index >= 15 is 0 Å². The SMILES string of the molecule is [C-]#[N+]c1ccc(OC2CCC(CC(=O)c3ccc(N4CCC(CN5CCN(c6ccc(CC(=O)NC7CCC(=O)CC7=O)cc6)CC5)CC4)nn3)CC2)cc1Cl. The Balaban J connectivity index is 0.779. The zero-order valence-corrected chi connectivity index (χ0v) is 32.6. The average Bonchev–Trinajstić information content (AvgIpc) is 3.21. The molecule has 0 spiro atoms. The van der Waals surface area contributed by atoms with Crippen molar-refractivity contribution >= 4 is 52.1 Å². The number of halogens is 1. The maximum Gasteiger partial charge on any atom is 0.224 e. The number of rotatable bonds is 12. The van der Waals surface area contributed by atoms with E-state index in [4.69, 9.17) is 22.9 Å². The fourth-order valence-electron chi connectivity index (χ4n) is 8.49. The van der Waals surface area contributed by atoms with E-state index in [-0.39, 0.29) is 42.2 Å². The van der Waals surface area contributed by atoms with Gasteiger partial charge < -0.3 is 19.9 Å². The van der Waals surface area contributed by atoms with Crippen LogP contribution >= 0.6 is 11.6 Å². The number of aromatic nitrogens is 2. The van der Waals surface area contributed by atoms with Crippen LogP contribution in [0.1, 0.15) is 80.3 Å². The van der Waals surface area contributed by atoms with E-state index in [1.165, 1.54) is 0 Å². The molecule has 1 atom stereocenters. The third-order valence-electron chi connectivity index (χ3n) is 11.8. The van der Waals surface area contributed by atoms with Crippen LogP contribution in [0.25, 0.3) is 4.85 Å². The molecule has 3 aromatic rings. The standard InChI is InChI=1S/C43H50ClN7O5/c1-45-37-13-11-35(27-36(37)44)56-34-9-4-29(5-10-34)24-40(53)39-14-15-42(48-47-39)51-18-16-31(17-19-51)28-49-20-22-50(23-21-49)32-6-2-30(3-7-32)25-43(55)46-38-12-8-33(52)26-41(38)54/h2-3,6-7,11,13-15,27,29,31,34,38H,4-5,8-10,12,16-26,28H2,(H,46,55). The summed E-state index contributed by atoms with van der Waals surface area (Å²) in [5.41, 5.74) is 2.90. The second-order valence-corrected chi connectivity index (χ2v) is 16.2. The Bertz CT molecular complexity index is 1910. The van der Waals surface area contributed by atoms with Crippen molar-refractivity contribution < 1.29 is 23.9 Å². The predicted molar refractivity (Wildman–Crippen MR) is 215 cm³/mol. The number of carbonyl (C=O) groups is 4. The van der Waals surface area contributed by atoms with Gasteiger partial charge in [-0.25, -0.2) is 4.85 Å². The van der Waals surface area contributed by atoms with Gasteiger partial charge in [0.2, 0.25) is 11.6 Å². The fourth-order valence-corrected chi connectivity index (χ4v) is 8.70. The third kappa shape index (κ3) is 10.3. The summed E-state index contributed by atoms with van der Waals surface area (Å²) in [5.74, 6) is 2.05. The highest BCUT2D eigenvalue weighted by Crippen LogP contribution is 2.34. The molecule has 4 fully saturated rings. The zero-order valence-electron chi connectivity index (χ0n) is 31.8. The van der Waals surface area contributed by atoms with Crippen LogP contribution in [0.5, 0.6) is 5.75 Å². The van der Waals surface area contributed by atoms with Gasteiger partial charge in [-0.05, 0) is 98.7 Å². The Morgan fingerprint density at radius 3 is 2.25 bits per heavy atom. The largest absolute Gasteiger partial charge is 0.490 e. The van der Waals surface area contributed by atoms with Gasteiger partial charge in [0.05, 0.1) is 36.6 Å². The van der Waals surface area contributed by atoms with Crippen molar-refractivity contribution in [1.29, 1.82) is 0 Å². The van der Waals surface area contributed by atoms with E-state index < -0.39 is 6.04 Å². The second kappa shape index (κ2) is 18.4. The van der Waals surface area contributed by atoms with Crippen LogP contribution in [0.15, 0.2) is 54.6 Å². The molecule has 2 aromatic carbocycles. The summed E-state index contributed by atoms with van der Waals surface area (Å²) in [6, 6.07) is 16.5. The molecule has 1 amide bonds. The summed E-state index contributed by atoms with van der Waals surface area (Å²) in [6.07, 6.45) is 7.17. The number of carbonyl (C=O) groups excluding carboxylic acids is 4. The Labute approximate surface area is 333 Å². The first-order valence-electron chi connectivity index (χ1n) is 20.0. The molecule has 2 aliphatic carbocycles. The third-order valence-corrected chi connectivity index (χ3v) is 12.1. The minimum Gasteiger partial charge on any atom is -0.490 e. The molecule has 1 aromatic heterocycles. The van der Waals surface area contributed by atoms with Crippen LogP contribution in [0.2, 0.25) is 5.02 Å². The van der Waals surface area contributed by atoms with Crippen molar-refractivity contribution in [2.75, 3.05) is 55.6 Å². The number of hydrogen-bond donors (Lipinski definition) is 1. The lowest BCUT2D eigenvalue weighted by molar-refractivity contribution is -0.134. The molecule has 56 heavy (non-hydrogen) atoms. The average molecular weight is 780 g/mol. The lowest BCUT2D eigenvalue weighted by atomic mass is 9.84. The fraction of sp³-hybridized carbons (Fsp3) is 0.512. The summed E-state index contributed by atoms with van der Waals surface area (Å²) in [6.45, 7) is 14.0. The molecule has 0 bridgehead atoms. The number of benzene rings is 2. The number of ether oxygens (including phenoxy) is 1. The molecule has 4 aliphatic rings. The summed E-state index contributed by atoms with van der Waals surface area (Å²) >= 11 is 6.16. The normalized spacial score (nSPS) is 22.4. The minimum atomic E-state index is -0.547. The Kier molecular flexibility index (Phi) is 12.9. The van der Waals surface area contributed by atoms with Gasteiger partial charge in [0.15, 0.2) is 17.4 Å². The number of anilines is 2. The van der Waals surface area contributed by atoms with E-state index in [9.17, 15) is 19.2 Å². The van der Waals surface area contributed by atoms with Crippen LogP contribution in [-0.4, -0.2) is 96.3 Å². The van der Waals surface area contributed by atoms with Gasteiger partial charge in [0, 0.05) is 64.3 Å². The van der Waals surface area contributed by atoms with Crippen molar-refractivity contribution in [3.63, 3.8) is 0 Å². The number of Topliss-reactive ketones (excluding diaryl/α,β-unsaturated/α-hetero) is 3. The first-order chi connectivity index (χ1) is 27.2. The molecule has 12 nitrogen and oxygen atoms in total. The van der Waals surface area contributed by atoms with Gasteiger partial charge in [0.25, 0.3) is 0 Å². The van der Waals surface area contributed by atoms with E-state index in [1.807, 2.05) is 24.3 Å². The number of nitrogens with zero attached hydrogens (tertiary/aromatic N) is 6. The number of ketones is 3. The van der Waals surface area contributed by atoms with Gasteiger partial charge in [-0.2, -0.15) is 0 Å². The Hall–Kier alpha value is -4.86. The molecule has 7 rings (SSSR count). The molecular weight excluding hydrogens is 730 g/mol. The first kappa shape index (κ1) is 39.4. The first-order valence-corrected chi connectivity index (χ1v) is 20.4. The topological polar surface area (TPSA) is 129 Å². The highest BCUT2D eigenvalue weighted by atomic mass is 35.5. The zero-order chi connectivity index (χ0) is 39.0. The maximum atomic E-state index is 13.1. The van der Waals surface area contributed by atoms with Gasteiger partial charge in [-0.3, -0.25) is 24.1 Å². The molecule has 13 heteroatoms. The van der Waals surface area contributed by atoms with Gasteiger partial charge >= 0.3 is 0 Å². The van der Waals surface area contributed by atoms with Crippen molar-refractivity contribution in [2.24, 2.45) is 11.8 Å². The van der Waals surface area contributed by atoms with E-state index in [2.05, 4.69) is 47.2 Å². The molecule has 2 aliphatic heterocycles. The molecule has 2 saturated heterocycles. The van der Waals surface area contributed by atoms with Crippen molar-refractivity contribution in [2.45, 2.75) is 82.8 Å². The number of amides is 1. The van der Waals surface area contributed by atoms with Crippen LogP contribution in [0.3, 0.4) is 0 Å². The van der Waals surface area contributed by atoms with E-state index in [0.29, 0.717) is 53.3 Å². The van der Waals surface area contributed by atoms with Crippen LogP contribution < -0.4 is 19.9 Å². The molecule has 3 heterocycles.